The van der Waals surface area contributed by atoms with E-state index in [0.717, 1.165) is 0 Å². The van der Waals surface area contributed by atoms with Gasteiger partial charge in [0.1, 0.15) is 0 Å². The normalized spacial score (nSPS) is 11.9. The summed E-state index contributed by atoms with van der Waals surface area (Å²) in [6.45, 7) is 0. The van der Waals surface area contributed by atoms with Crippen LogP contribution in [0.5, 0.6) is 0 Å². The lowest BCUT2D eigenvalue weighted by molar-refractivity contribution is 0.583. The maximum atomic E-state index is 13.8. The number of rotatable bonds is 5. The minimum Gasteiger partial charge on any atom is -0.218 e. The number of benzene rings is 4. The van der Waals surface area contributed by atoms with Crippen molar-refractivity contribution < 1.29 is 16.8 Å². The minimum absolute atomic E-state index is 0.0559. The summed E-state index contributed by atoms with van der Waals surface area (Å²) in [6.07, 6.45) is 0. The number of halogens is 2. The Kier molecular flexibility index (Phi) is 6.14. The first-order valence-electron chi connectivity index (χ1n) is 9.41. The Morgan fingerprint density at radius 1 is 0.500 bits per heavy atom. The van der Waals surface area contributed by atoms with Crippen LogP contribution in [0.1, 0.15) is 0 Å². The predicted octanol–water partition coefficient (Wildman–Crippen LogP) is 6.33. The zero-order chi connectivity index (χ0) is 22.9. The summed E-state index contributed by atoms with van der Waals surface area (Å²) in [5.74, 6) is 0. The fourth-order valence-corrected chi connectivity index (χ4v) is 7.13. The zero-order valence-electron chi connectivity index (χ0n) is 16.4. The van der Waals surface area contributed by atoms with Gasteiger partial charge in [-0.2, -0.15) is 0 Å². The lowest BCUT2D eigenvalue weighted by Crippen LogP contribution is -2.12. The molecular weight excluding hydrogens is 487 g/mol. The van der Waals surface area contributed by atoms with E-state index in [1.807, 2.05) is 0 Å². The van der Waals surface area contributed by atoms with E-state index < -0.39 is 19.7 Å². The maximum Gasteiger partial charge on any atom is 0.208 e. The second-order valence-electron chi connectivity index (χ2n) is 6.91. The Labute approximate surface area is 196 Å². The number of hydrogen-bond acceptors (Lipinski definition) is 4. The van der Waals surface area contributed by atoms with Gasteiger partial charge in [0.2, 0.25) is 19.7 Å². The highest BCUT2D eigenvalue weighted by Crippen LogP contribution is 2.38. The molecule has 0 fully saturated rings. The molecule has 32 heavy (non-hydrogen) atoms. The lowest BCUT2D eigenvalue weighted by atomic mass is 10.1. The van der Waals surface area contributed by atoms with E-state index in [1.54, 1.807) is 36.4 Å². The van der Waals surface area contributed by atoms with Crippen molar-refractivity contribution in [3.8, 4) is 11.1 Å². The van der Waals surface area contributed by atoms with E-state index in [-0.39, 0.29) is 25.1 Å². The Hall–Kier alpha value is -2.64. The molecule has 0 amide bonds. The first kappa shape index (κ1) is 22.6. The quantitative estimate of drug-likeness (QED) is 0.319. The van der Waals surface area contributed by atoms with Gasteiger partial charge in [-0.05, 0) is 60.2 Å². The van der Waals surface area contributed by atoms with Gasteiger partial charge < -0.3 is 0 Å². The molecule has 0 aliphatic carbocycles. The molecule has 0 aromatic heterocycles. The molecule has 0 aliphatic heterocycles. The van der Waals surface area contributed by atoms with Crippen LogP contribution in [0.15, 0.2) is 117 Å². The van der Waals surface area contributed by atoms with Crippen molar-refractivity contribution in [3.05, 3.63) is 107 Å². The number of hydrogen-bond donors (Lipinski definition) is 0. The second-order valence-corrected chi connectivity index (χ2v) is 11.6. The largest absolute Gasteiger partial charge is 0.218 e. The first-order chi connectivity index (χ1) is 15.2. The molecular formula is C24H16Cl2O4S2. The smallest absolute Gasteiger partial charge is 0.208 e. The van der Waals surface area contributed by atoms with Crippen molar-refractivity contribution in [1.29, 1.82) is 0 Å². The van der Waals surface area contributed by atoms with Gasteiger partial charge in [0.15, 0.2) is 0 Å². The minimum atomic E-state index is -4.23. The molecule has 4 nitrogen and oxygen atoms in total. The molecule has 0 heterocycles. The Bertz CT molecular complexity index is 1480. The zero-order valence-corrected chi connectivity index (χ0v) is 19.6. The molecule has 0 aliphatic rings. The summed E-state index contributed by atoms with van der Waals surface area (Å²) in [5, 5.41) is 0.741. The molecule has 4 aromatic carbocycles. The van der Waals surface area contributed by atoms with Gasteiger partial charge in [-0.15, -0.1) is 0 Å². The Morgan fingerprint density at radius 3 is 1.53 bits per heavy atom. The average Bonchev–Trinajstić information content (AvgIpc) is 2.80. The molecule has 0 atom stereocenters. The number of sulfone groups is 2. The summed E-state index contributed by atoms with van der Waals surface area (Å²) in [4.78, 5) is -0.711. The third-order valence-electron chi connectivity index (χ3n) is 4.87. The van der Waals surface area contributed by atoms with Crippen LogP contribution in [0.4, 0.5) is 0 Å². The van der Waals surface area contributed by atoms with E-state index in [0.29, 0.717) is 15.6 Å². The molecule has 0 bridgehead atoms. The fraction of sp³-hybridized carbons (Fsp3) is 0. The Morgan fingerprint density at radius 2 is 1.00 bits per heavy atom. The van der Waals surface area contributed by atoms with Gasteiger partial charge in [-0.3, -0.25) is 0 Å². The predicted molar refractivity (Wildman–Crippen MR) is 126 cm³/mol. The van der Waals surface area contributed by atoms with Crippen molar-refractivity contribution >= 4 is 42.9 Å². The molecule has 0 radical (unpaired) electrons. The van der Waals surface area contributed by atoms with Crippen molar-refractivity contribution in [2.45, 2.75) is 19.6 Å². The third-order valence-corrected chi connectivity index (χ3v) is 9.19. The molecule has 0 saturated heterocycles. The molecule has 4 rings (SSSR count). The van der Waals surface area contributed by atoms with Crippen LogP contribution in [0.2, 0.25) is 10.0 Å². The van der Waals surface area contributed by atoms with Gasteiger partial charge in [-0.1, -0.05) is 65.7 Å². The first-order valence-corrected chi connectivity index (χ1v) is 13.1. The van der Waals surface area contributed by atoms with Gasteiger partial charge in [-0.25, -0.2) is 16.8 Å². The summed E-state index contributed by atoms with van der Waals surface area (Å²) in [6, 6.07) is 24.4. The molecule has 0 N–H and O–H groups in total. The SMILES string of the molecule is O=S(=O)(c1ccc(Cl)cc1)c1cccc(-c2ccccc2)c1S(=O)(=O)c1ccc(Cl)cc1. The van der Waals surface area contributed by atoms with Gasteiger partial charge in [0, 0.05) is 15.6 Å². The van der Waals surface area contributed by atoms with Gasteiger partial charge >= 0.3 is 0 Å². The highest BCUT2D eigenvalue weighted by molar-refractivity contribution is 7.94. The third kappa shape index (κ3) is 4.19. The second kappa shape index (κ2) is 8.71. The summed E-state index contributed by atoms with van der Waals surface area (Å²) in [5.41, 5.74) is 0.865. The monoisotopic (exact) mass is 502 g/mol. The molecule has 162 valence electrons. The van der Waals surface area contributed by atoms with Crippen LogP contribution >= 0.6 is 23.2 Å². The van der Waals surface area contributed by atoms with Crippen molar-refractivity contribution in [1.82, 2.24) is 0 Å². The van der Waals surface area contributed by atoms with Crippen LogP contribution in [0, 0.1) is 0 Å². The molecule has 0 spiro atoms. The van der Waals surface area contributed by atoms with Gasteiger partial charge in [0.25, 0.3) is 0 Å². The summed E-state index contributed by atoms with van der Waals surface area (Å²) < 4.78 is 54.6. The van der Waals surface area contributed by atoms with Crippen molar-refractivity contribution in [3.63, 3.8) is 0 Å². The topological polar surface area (TPSA) is 68.3 Å². The van der Waals surface area contributed by atoms with Crippen molar-refractivity contribution in [2.75, 3.05) is 0 Å². The van der Waals surface area contributed by atoms with E-state index in [4.69, 9.17) is 23.2 Å². The molecule has 8 heteroatoms. The van der Waals surface area contributed by atoms with E-state index in [2.05, 4.69) is 0 Å². The maximum absolute atomic E-state index is 13.8. The standard InChI is InChI=1S/C24H16Cl2O4S2/c25-18-9-13-20(14-10-18)31(27,28)23-8-4-7-22(17-5-2-1-3-6-17)24(23)32(29,30)21-15-11-19(26)12-16-21/h1-16H. The summed E-state index contributed by atoms with van der Waals surface area (Å²) >= 11 is 11.8. The Balaban J connectivity index is 2.06. The van der Waals surface area contributed by atoms with Crippen LogP contribution in [0.3, 0.4) is 0 Å². The van der Waals surface area contributed by atoms with Crippen molar-refractivity contribution in [2.24, 2.45) is 0 Å². The van der Waals surface area contributed by atoms with E-state index in [9.17, 15) is 16.8 Å². The molecule has 0 unspecified atom stereocenters. The van der Waals surface area contributed by atoms with Crippen LogP contribution in [-0.2, 0) is 19.7 Å². The highest BCUT2D eigenvalue weighted by Gasteiger charge is 2.32. The fourth-order valence-electron chi connectivity index (χ4n) is 3.32. The summed E-state index contributed by atoms with van der Waals surface area (Å²) in [7, 11) is -8.41. The molecule has 4 aromatic rings. The van der Waals surface area contributed by atoms with Crippen LogP contribution < -0.4 is 0 Å². The van der Waals surface area contributed by atoms with Crippen LogP contribution in [-0.4, -0.2) is 16.8 Å². The highest BCUT2D eigenvalue weighted by atomic mass is 35.5. The average molecular weight is 503 g/mol. The molecule has 0 saturated carbocycles. The van der Waals surface area contributed by atoms with Crippen LogP contribution in [0.25, 0.3) is 11.1 Å². The van der Waals surface area contributed by atoms with E-state index >= 15 is 0 Å². The van der Waals surface area contributed by atoms with E-state index in [1.165, 1.54) is 60.7 Å². The lowest BCUT2D eigenvalue weighted by Gasteiger charge is -2.16. The van der Waals surface area contributed by atoms with Gasteiger partial charge in [0.05, 0.1) is 19.6 Å².